The summed E-state index contributed by atoms with van der Waals surface area (Å²) in [7, 11) is 0. The van der Waals surface area contributed by atoms with Crippen molar-refractivity contribution >= 4 is 23.3 Å². The summed E-state index contributed by atoms with van der Waals surface area (Å²) in [5, 5.41) is 9.18. The molecule has 0 radical (unpaired) electrons. The molecule has 1 saturated heterocycles. The van der Waals surface area contributed by atoms with Crippen molar-refractivity contribution in [2.45, 2.75) is 9.79 Å². The van der Waals surface area contributed by atoms with Crippen LogP contribution >= 0.6 is 11.8 Å². The summed E-state index contributed by atoms with van der Waals surface area (Å²) in [5.41, 5.74) is 1.40. The average Bonchev–Trinajstić information content (AvgIpc) is 2.87. The lowest BCUT2D eigenvalue weighted by atomic mass is 10.1. The minimum Gasteiger partial charge on any atom is -0.394 e. The minimum absolute atomic E-state index is 0.368. The number of aliphatic imine (C=N–C) groups is 1. The van der Waals surface area contributed by atoms with E-state index in [1.807, 2.05) is 48.5 Å². The van der Waals surface area contributed by atoms with Crippen molar-refractivity contribution in [3.05, 3.63) is 54.1 Å². The van der Waals surface area contributed by atoms with E-state index >= 15 is 0 Å². The Hall–Kier alpha value is -1.86. The number of hydrogen-bond donors (Lipinski definition) is 1. The lowest BCUT2D eigenvalue weighted by Crippen LogP contribution is -2.49. The average molecular weight is 392 g/mol. The fourth-order valence-corrected chi connectivity index (χ4v) is 3.82. The van der Waals surface area contributed by atoms with Crippen LogP contribution in [0.15, 0.2) is 63.3 Å². The standard InChI is InChI=1S/C21H25N3O2S/c25-14-16-26-15-13-23-9-11-24(12-10-23)21-17-5-1-3-7-19(17)27-20-8-4-2-6-18(20)22-21/h1-8,25H,9-16H2/i9D2,10D2,13D2,14D2. The number of amidine groups is 1. The van der Waals surface area contributed by atoms with E-state index in [0.717, 1.165) is 15.4 Å². The molecule has 0 saturated carbocycles. The number of piperazine rings is 1. The molecule has 2 aromatic carbocycles. The molecule has 2 aromatic rings. The van der Waals surface area contributed by atoms with Gasteiger partial charge in [-0.05, 0) is 18.2 Å². The van der Waals surface area contributed by atoms with Crippen molar-refractivity contribution in [2.24, 2.45) is 4.99 Å². The summed E-state index contributed by atoms with van der Waals surface area (Å²) in [4.78, 5) is 8.58. The second kappa shape index (κ2) is 8.89. The summed E-state index contributed by atoms with van der Waals surface area (Å²) in [6.45, 7) is -12.7. The van der Waals surface area contributed by atoms with Crippen molar-refractivity contribution in [3.8, 4) is 0 Å². The third-order valence-corrected chi connectivity index (χ3v) is 5.21. The second-order valence-electron chi connectivity index (χ2n) is 5.82. The number of hydrogen-bond acceptors (Lipinski definition) is 6. The summed E-state index contributed by atoms with van der Waals surface area (Å²) in [6, 6.07) is 15.0. The SMILES string of the molecule is [2H]C([2H])(O)COCC([2H])([2H])N1C([2H])([2H])CN(C2=Nc3ccccc3Sc3ccccc32)CC1([2H])[2H]. The van der Waals surface area contributed by atoms with Gasteiger partial charge in [-0.1, -0.05) is 42.1 Å². The Kier molecular flexibility index (Phi) is 3.69. The molecule has 0 aliphatic carbocycles. The van der Waals surface area contributed by atoms with Gasteiger partial charge in [0.1, 0.15) is 5.84 Å². The summed E-state index contributed by atoms with van der Waals surface area (Å²) >= 11 is 1.52. The van der Waals surface area contributed by atoms with Gasteiger partial charge in [0.05, 0.1) is 28.2 Å². The van der Waals surface area contributed by atoms with E-state index in [2.05, 4.69) is 0 Å². The van der Waals surface area contributed by atoms with Crippen LogP contribution in [0.3, 0.4) is 0 Å². The largest absolute Gasteiger partial charge is 0.394 e. The third-order valence-electron chi connectivity index (χ3n) is 4.07. The van der Waals surface area contributed by atoms with Crippen molar-refractivity contribution < 1.29 is 20.8 Å². The third kappa shape index (κ3) is 4.35. The number of aliphatic hydroxyl groups is 1. The van der Waals surface area contributed by atoms with Crippen LogP contribution in [0.5, 0.6) is 0 Å². The Morgan fingerprint density at radius 3 is 2.63 bits per heavy atom. The van der Waals surface area contributed by atoms with Crippen LogP contribution < -0.4 is 0 Å². The predicted octanol–water partition coefficient (Wildman–Crippen LogP) is 2.86. The van der Waals surface area contributed by atoms with Crippen molar-refractivity contribution in [3.63, 3.8) is 0 Å². The first-order valence-electron chi connectivity index (χ1n) is 12.5. The Morgan fingerprint density at radius 1 is 1.07 bits per heavy atom. The molecule has 2 heterocycles. The second-order valence-corrected chi connectivity index (χ2v) is 6.90. The van der Waals surface area contributed by atoms with Crippen LogP contribution in [0.2, 0.25) is 0 Å². The van der Waals surface area contributed by atoms with Gasteiger partial charge in [0, 0.05) is 56.2 Å². The number of rotatable bonds is 5. The highest BCUT2D eigenvalue weighted by atomic mass is 32.2. The van der Waals surface area contributed by atoms with E-state index in [-0.39, 0.29) is 13.1 Å². The number of nitrogens with zero attached hydrogens (tertiary/aromatic N) is 3. The first kappa shape index (κ1) is 11.2. The Morgan fingerprint density at radius 2 is 1.81 bits per heavy atom. The van der Waals surface area contributed by atoms with Gasteiger partial charge < -0.3 is 14.7 Å². The Labute approximate surface area is 175 Å². The highest BCUT2D eigenvalue weighted by molar-refractivity contribution is 7.99. The molecule has 0 atom stereocenters. The number of para-hydroxylation sites is 1. The highest BCUT2D eigenvalue weighted by Crippen LogP contribution is 2.40. The zero-order valence-electron chi connectivity index (χ0n) is 22.6. The lowest BCUT2D eigenvalue weighted by Gasteiger charge is -2.36. The zero-order chi connectivity index (χ0) is 25.6. The number of fused-ring (bicyclic) bond motifs is 2. The molecule has 142 valence electrons. The van der Waals surface area contributed by atoms with Gasteiger partial charge in [0.2, 0.25) is 0 Å². The van der Waals surface area contributed by atoms with E-state index in [0.29, 0.717) is 16.4 Å². The monoisotopic (exact) mass is 391 g/mol. The van der Waals surface area contributed by atoms with E-state index in [1.54, 1.807) is 0 Å². The van der Waals surface area contributed by atoms with Gasteiger partial charge >= 0.3 is 0 Å². The normalized spacial score (nSPS) is 26.3. The maximum atomic E-state index is 9.18. The molecule has 6 heteroatoms. The molecule has 1 N–H and O–H groups in total. The predicted molar refractivity (Wildman–Crippen MR) is 109 cm³/mol. The summed E-state index contributed by atoms with van der Waals surface area (Å²) < 4.78 is 70.3. The molecule has 4 rings (SSSR count). The minimum atomic E-state index is -2.69. The smallest absolute Gasteiger partial charge is 0.137 e. The van der Waals surface area contributed by atoms with Gasteiger partial charge in [-0.25, -0.2) is 4.99 Å². The van der Waals surface area contributed by atoms with Crippen LogP contribution in [0.4, 0.5) is 5.69 Å². The lowest BCUT2D eigenvalue weighted by molar-refractivity contribution is 0.0652. The molecule has 5 nitrogen and oxygen atoms in total. The molecule has 0 bridgehead atoms. The molecular weight excluding hydrogens is 358 g/mol. The summed E-state index contributed by atoms with van der Waals surface area (Å²) in [5.74, 6) is 0.399. The maximum Gasteiger partial charge on any atom is 0.137 e. The van der Waals surface area contributed by atoms with E-state index in [1.165, 1.54) is 16.7 Å². The molecule has 27 heavy (non-hydrogen) atoms. The molecule has 0 spiro atoms. The maximum absolute atomic E-state index is 9.18. The van der Waals surface area contributed by atoms with Gasteiger partial charge in [-0.15, -0.1) is 0 Å². The molecule has 0 aromatic heterocycles. The number of ether oxygens (including phenoxy) is 1. The van der Waals surface area contributed by atoms with Crippen LogP contribution in [-0.2, 0) is 4.74 Å². The zero-order valence-corrected chi connectivity index (χ0v) is 15.4. The van der Waals surface area contributed by atoms with Crippen molar-refractivity contribution in [1.29, 1.82) is 0 Å². The molecule has 2 aliphatic rings. The topological polar surface area (TPSA) is 48.3 Å². The first-order chi connectivity index (χ1) is 16.2. The Bertz CT molecular complexity index is 1110. The Balaban J connectivity index is 1.68. The molecular formula is C21H25N3O2S. The van der Waals surface area contributed by atoms with E-state index in [4.69, 9.17) is 20.7 Å². The van der Waals surface area contributed by atoms with Crippen LogP contribution in [0.1, 0.15) is 16.5 Å². The molecule has 1 fully saturated rings. The fourth-order valence-electron chi connectivity index (χ4n) is 2.80. The fraction of sp³-hybridized carbons (Fsp3) is 0.381. The highest BCUT2D eigenvalue weighted by Gasteiger charge is 2.24. The molecule has 0 unspecified atom stereocenters. The summed E-state index contributed by atoms with van der Waals surface area (Å²) in [6.07, 6.45) is 0. The molecule has 2 aliphatic heterocycles. The number of benzene rings is 2. The quantitative estimate of drug-likeness (QED) is 0.849. The molecule has 0 amide bonds. The van der Waals surface area contributed by atoms with Gasteiger partial charge in [0.15, 0.2) is 0 Å². The van der Waals surface area contributed by atoms with Crippen LogP contribution in [0, 0.1) is 0 Å². The first-order valence-corrected chi connectivity index (χ1v) is 9.32. The van der Waals surface area contributed by atoms with Crippen molar-refractivity contribution in [2.75, 3.05) is 52.4 Å². The van der Waals surface area contributed by atoms with Crippen LogP contribution in [0.25, 0.3) is 0 Å². The van der Waals surface area contributed by atoms with Gasteiger partial charge in [0.25, 0.3) is 0 Å². The van der Waals surface area contributed by atoms with Gasteiger partial charge in [-0.2, -0.15) is 0 Å². The van der Waals surface area contributed by atoms with Gasteiger partial charge in [-0.3, -0.25) is 4.90 Å². The van der Waals surface area contributed by atoms with Crippen molar-refractivity contribution in [1.82, 2.24) is 9.80 Å². The van der Waals surface area contributed by atoms with Crippen LogP contribution in [-0.4, -0.2) is 73.1 Å². The van der Waals surface area contributed by atoms with E-state index in [9.17, 15) is 5.11 Å². The van der Waals surface area contributed by atoms with E-state index < -0.39 is 39.3 Å².